The molecule has 0 spiro atoms. The fraction of sp³-hybridized carbons (Fsp3) is 0.533. The maximum Gasteiger partial charge on any atom is 0.272 e. The second kappa shape index (κ2) is 7.17. The van der Waals surface area contributed by atoms with E-state index in [2.05, 4.69) is 10.6 Å². The van der Waals surface area contributed by atoms with Crippen LogP contribution >= 0.6 is 0 Å². The standard InChI is InChI=1S/C15H21N3O3/c1-11-13(3-2-4-14(11)18(20)21)10-17-15(19)9-12-5-7-16-8-6-12/h2-4,12,16H,5-10H2,1H3,(H,17,19). The second-order valence-corrected chi connectivity index (χ2v) is 5.49. The molecule has 0 radical (unpaired) electrons. The number of benzene rings is 1. The molecule has 21 heavy (non-hydrogen) atoms. The van der Waals surface area contributed by atoms with Gasteiger partial charge in [-0.15, -0.1) is 0 Å². The number of nitro groups is 1. The number of hydrogen-bond acceptors (Lipinski definition) is 4. The highest BCUT2D eigenvalue weighted by atomic mass is 16.6. The van der Waals surface area contributed by atoms with Crippen molar-refractivity contribution in [3.63, 3.8) is 0 Å². The van der Waals surface area contributed by atoms with Gasteiger partial charge in [0.2, 0.25) is 5.91 Å². The van der Waals surface area contributed by atoms with E-state index in [1.165, 1.54) is 6.07 Å². The van der Waals surface area contributed by atoms with Crippen LogP contribution in [0.25, 0.3) is 0 Å². The molecule has 1 aliphatic heterocycles. The van der Waals surface area contributed by atoms with Gasteiger partial charge in [-0.05, 0) is 44.3 Å². The highest BCUT2D eigenvalue weighted by Crippen LogP contribution is 2.21. The molecule has 1 saturated heterocycles. The van der Waals surface area contributed by atoms with Gasteiger partial charge in [-0.2, -0.15) is 0 Å². The number of nitrogens with one attached hydrogen (secondary N) is 2. The maximum absolute atomic E-state index is 11.9. The number of rotatable bonds is 5. The molecule has 0 aromatic heterocycles. The van der Waals surface area contributed by atoms with Gasteiger partial charge in [0.25, 0.3) is 5.69 Å². The first kappa shape index (κ1) is 15.4. The molecular weight excluding hydrogens is 270 g/mol. The van der Waals surface area contributed by atoms with Crippen molar-refractivity contribution in [1.82, 2.24) is 10.6 Å². The zero-order valence-electron chi connectivity index (χ0n) is 12.2. The number of carbonyl (C=O) groups excluding carboxylic acids is 1. The molecule has 6 nitrogen and oxygen atoms in total. The van der Waals surface area contributed by atoms with Crippen LogP contribution in [0.5, 0.6) is 0 Å². The Morgan fingerprint density at radius 2 is 2.14 bits per heavy atom. The van der Waals surface area contributed by atoms with Crippen LogP contribution in [0, 0.1) is 23.0 Å². The van der Waals surface area contributed by atoms with Gasteiger partial charge in [-0.3, -0.25) is 14.9 Å². The molecule has 0 aliphatic carbocycles. The minimum atomic E-state index is -0.393. The smallest absolute Gasteiger partial charge is 0.272 e. The van der Waals surface area contributed by atoms with Crippen molar-refractivity contribution in [2.75, 3.05) is 13.1 Å². The summed E-state index contributed by atoms with van der Waals surface area (Å²) in [6.07, 6.45) is 2.60. The van der Waals surface area contributed by atoms with Crippen molar-refractivity contribution >= 4 is 11.6 Å². The number of nitrogens with zero attached hydrogens (tertiary/aromatic N) is 1. The predicted molar refractivity (Wildman–Crippen MR) is 79.9 cm³/mol. The van der Waals surface area contributed by atoms with Crippen LogP contribution in [-0.4, -0.2) is 23.9 Å². The molecule has 1 aliphatic rings. The van der Waals surface area contributed by atoms with Crippen molar-refractivity contribution in [1.29, 1.82) is 0 Å². The Hall–Kier alpha value is -1.95. The molecule has 1 aromatic rings. The summed E-state index contributed by atoms with van der Waals surface area (Å²) in [5.41, 5.74) is 1.51. The highest BCUT2D eigenvalue weighted by molar-refractivity contribution is 5.76. The van der Waals surface area contributed by atoms with Crippen LogP contribution in [-0.2, 0) is 11.3 Å². The van der Waals surface area contributed by atoms with Crippen molar-refractivity contribution in [2.24, 2.45) is 5.92 Å². The SMILES string of the molecule is Cc1c(CNC(=O)CC2CCNCC2)cccc1[N+](=O)[O-]. The lowest BCUT2D eigenvalue weighted by Crippen LogP contribution is -2.32. The van der Waals surface area contributed by atoms with E-state index in [1.54, 1.807) is 13.0 Å². The van der Waals surface area contributed by atoms with Crippen LogP contribution < -0.4 is 10.6 Å². The third-order valence-corrected chi connectivity index (χ3v) is 4.02. The number of piperidine rings is 1. The summed E-state index contributed by atoms with van der Waals surface area (Å²) in [6, 6.07) is 4.95. The number of hydrogen-bond donors (Lipinski definition) is 2. The molecule has 0 atom stereocenters. The molecule has 2 rings (SSSR count). The fourth-order valence-corrected chi connectivity index (χ4v) is 2.67. The maximum atomic E-state index is 11.9. The normalized spacial score (nSPS) is 15.7. The first-order valence-corrected chi connectivity index (χ1v) is 7.28. The van der Waals surface area contributed by atoms with E-state index in [4.69, 9.17) is 0 Å². The summed E-state index contributed by atoms with van der Waals surface area (Å²) in [6.45, 7) is 4.01. The summed E-state index contributed by atoms with van der Waals surface area (Å²) in [7, 11) is 0. The van der Waals surface area contributed by atoms with E-state index in [-0.39, 0.29) is 11.6 Å². The Labute approximate surface area is 124 Å². The van der Waals surface area contributed by atoms with E-state index in [9.17, 15) is 14.9 Å². The predicted octanol–water partition coefficient (Wildman–Crippen LogP) is 1.91. The third-order valence-electron chi connectivity index (χ3n) is 4.02. The molecule has 6 heteroatoms. The second-order valence-electron chi connectivity index (χ2n) is 5.49. The van der Waals surface area contributed by atoms with Gasteiger partial charge < -0.3 is 10.6 Å². The van der Waals surface area contributed by atoms with Crippen molar-refractivity contribution in [2.45, 2.75) is 32.7 Å². The lowest BCUT2D eigenvalue weighted by molar-refractivity contribution is -0.385. The first-order chi connectivity index (χ1) is 10.1. The van der Waals surface area contributed by atoms with E-state index < -0.39 is 4.92 Å². The lowest BCUT2D eigenvalue weighted by atomic mass is 9.94. The van der Waals surface area contributed by atoms with Crippen molar-refractivity contribution < 1.29 is 9.72 Å². The zero-order valence-corrected chi connectivity index (χ0v) is 12.2. The summed E-state index contributed by atoms with van der Waals surface area (Å²) < 4.78 is 0. The molecule has 0 bridgehead atoms. The fourth-order valence-electron chi connectivity index (χ4n) is 2.67. The minimum Gasteiger partial charge on any atom is -0.352 e. The van der Waals surface area contributed by atoms with Gasteiger partial charge in [0.1, 0.15) is 0 Å². The molecule has 1 amide bonds. The van der Waals surface area contributed by atoms with Crippen molar-refractivity contribution in [3.8, 4) is 0 Å². The largest absolute Gasteiger partial charge is 0.352 e. The number of carbonyl (C=O) groups is 1. The highest BCUT2D eigenvalue weighted by Gasteiger charge is 2.17. The number of amides is 1. The van der Waals surface area contributed by atoms with E-state index in [0.717, 1.165) is 31.5 Å². The molecule has 0 unspecified atom stereocenters. The zero-order chi connectivity index (χ0) is 15.2. The Morgan fingerprint density at radius 1 is 1.43 bits per heavy atom. The molecule has 2 N–H and O–H groups in total. The monoisotopic (exact) mass is 291 g/mol. The Morgan fingerprint density at radius 3 is 2.81 bits per heavy atom. The van der Waals surface area contributed by atoms with Gasteiger partial charge in [0, 0.05) is 24.6 Å². The topological polar surface area (TPSA) is 84.3 Å². The van der Waals surface area contributed by atoms with Gasteiger partial charge in [0.15, 0.2) is 0 Å². The minimum absolute atomic E-state index is 0.0211. The number of nitro benzene ring substituents is 1. The molecule has 1 aromatic carbocycles. The first-order valence-electron chi connectivity index (χ1n) is 7.28. The van der Waals surface area contributed by atoms with Gasteiger partial charge in [0.05, 0.1) is 4.92 Å². The van der Waals surface area contributed by atoms with Crippen LogP contribution in [0.3, 0.4) is 0 Å². The summed E-state index contributed by atoms with van der Waals surface area (Å²) >= 11 is 0. The Kier molecular flexibility index (Phi) is 5.27. The van der Waals surface area contributed by atoms with Crippen LogP contribution in [0.2, 0.25) is 0 Å². The van der Waals surface area contributed by atoms with Crippen LogP contribution in [0.1, 0.15) is 30.4 Å². The summed E-state index contributed by atoms with van der Waals surface area (Å²) in [5, 5.41) is 17.0. The Bertz CT molecular complexity index is 525. The lowest BCUT2D eigenvalue weighted by Gasteiger charge is -2.22. The molecular formula is C15H21N3O3. The van der Waals surface area contributed by atoms with Crippen molar-refractivity contribution in [3.05, 3.63) is 39.4 Å². The van der Waals surface area contributed by atoms with Gasteiger partial charge in [-0.1, -0.05) is 12.1 Å². The third kappa shape index (κ3) is 4.26. The molecule has 1 fully saturated rings. The summed E-state index contributed by atoms with van der Waals surface area (Å²) in [5.74, 6) is 0.463. The molecule has 0 saturated carbocycles. The Balaban J connectivity index is 1.89. The van der Waals surface area contributed by atoms with Crippen LogP contribution in [0.4, 0.5) is 5.69 Å². The quantitative estimate of drug-likeness (QED) is 0.641. The van der Waals surface area contributed by atoms with Gasteiger partial charge >= 0.3 is 0 Å². The molecule has 1 heterocycles. The van der Waals surface area contributed by atoms with E-state index in [1.807, 2.05) is 6.07 Å². The van der Waals surface area contributed by atoms with E-state index in [0.29, 0.717) is 24.4 Å². The average molecular weight is 291 g/mol. The van der Waals surface area contributed by atoms with E-state index >= 15 is 0 Å². The van der Waals surface area contributed by atoms with Crippen LogP contribution in [0.15, 0.2) is 18.2 Å². The summed E-state index contributed by atoms with van der Waals surface area (Å²) in [4.78, 5) is 22.4. The molecule has 114 valence electrons. The average Bonchev–Trinajstić information content (AvgIpc) is 2.47. The van der Waals surface area contributed by atoms with Gasteiger partial charge in [-0.25, -0.2) is 0 Å².